The lowest BCUT2D eigenvalue weighted by Crippen LogP contribution is -2.47. The maximum atomic E-state index is 13.4. The molecule has 0 bridgehead atoms. The van der Waals surface area contributed by atoms with Crippen LogP contribution in [0.25, 0.3) is 6.08 Å². The third kappa shape index (κ3) is 5.20. The zero-order valence-electron chi connectivity index (χ0n) is 20.0. The van der Waals surface area contributed by atoms with Gasteiger partial charge in [-0.15, -0.1) is 6.42 Å². The first kappa shape index (κ1) is 24.4. The first-order chi connectivity index (χ1) is 16.9. The molecule has 0 atom stereocenters. The van der Waals surface area contributed by atoms with Gasteiger partial charge in [0, 0.05) is 0 Å². The number of carbonyl (C=O) groups excluding carboxylic acids is 2. The number of aryl methyl sites for hydroxylation is 1. The summed E-state index contributed by atoms with van der Waals surface area (Å²) in [6.45, 7) is 6.05. The Kier molecular flexibility index (Phi) is 7.17. The van der Waals surface area contributed by atoms with Gasteiger partial charge in [0.15, 0.2) is 16.7 Å². The standard InChI is InChI=1S/C27H27N3O4S/c1-5-27(6-2,7-3)29-24(31)16-35-26-28-21(14-19-10-13-22-23(15-19)34-17-33-22)25(32)30(26)20-11-8-18(4)9-12-20/h1,8-15H,6-7,16-17H2,2-4H3,(H,29,31)/b21-14-. The summed E-state index contributed by atoms with van der Waals surface area (Å²) in [5.41, 5.74) is 2.12. The van der Waals surface area contributed by atoms with Crippen LogP contribution in [0.3, 0.4) is 0 Å². The molecule has 0 saturated heterocycles. The predicted molar refractivity (Wildman–Crippen MR) is 139 cm³/mol. The highest BCUT2D eigenvalue weighted by Gasteiger charge is 2.33. The van der Waals surface area contributed by atoms with E-state index in [4.69, 9.17) is 15.9 Å². The fraction of sp³-hybridized carbons (Fsp3) is 0.296. The average Bonchev–Trinajstić information content (AvgIpc) is 3.46. The fourth-order valence-electron chi connectivity index (χ4n) is 3.78. The highest BCUT2D eigenvalue weighted by molar-refractivity contribution is 8.14. The summed E-state index contributed by atoms with van der Waals surface area (Å²) in [5.74, 6) is 3.60. The number of thioether (sulfide) groups is 1. The van der Waals surface area contributed by atoms with Crippen LogP contribution in [-0.2, 0) is 9.59 Å². The van der Waals surface area contributed by atoms with Gasteiger partial charge in [0.05, 0.1) is 11.4 Å². The van der Waals surface area contributed by atoms with Crippen LogP contribution < -0.4 is 19.7 Å². The molecule has 2 heterocycles. The van der Waals surface area contributed by atoms with E-state index in [1.165, 1.54) is 16.7 Å². The average molecular weight is 490 g/mol. The van der Waals surface area contributed by atoms with Crippen molar-refractivity contribution in [3.63, 3.8) is 0 Å². The van der Waals surface area contributed by atoms with E-state index in [0.717, 1.165) is 11.1 Å². The number of ether oxygens (including phenoxy) is 2. The monoisotopic (exact) mass is 489 g/mol. The Bertz CT molecular complexity index is 1240. The minimum Gasteiger partial charge on any atom is -0.454 e. The molecule has 8 heteroatoms. The number of amidine groups is 1. The second-order valence-electron chi connectivity index (χ2n) is 8.28. The topological polar surface area (TPSA) is 80.2 Å². The lowest BCUT2D eigenvalue weighted by molar-refractivity contribution is -0.120. The van der Waals surface area contributed by atoms with Crippen molar-refractivity contribution >= 4 is 40.5 Å². The van der Waals surface area contributed by atoms with Crippen LogP contribution in [0.1, 0.15) is 37.8 Å². The number of nitrogens with one attached hydrogen (secondary N) is 1. The second-order valence-corrected chi connectivity index (χ2v) is 9.23. The molecule has 0 unspecified atom stereocenters. The Morgan fingerprint density at radius 1 is 1.20 bits per heavy atom. The zero-order valence-corrected chi connectivity index (χ0v) is 20.8. The summed E-state index contributed by atoms with van der Waals surface area (Å²) in [6, 6.07) is 13.0. The summed E-state index contributed by atoms with van der Waals surface area (Å²) >= 11 is 1.20. The van der Waals surface area contributed by atoms with Gasteiger partial charge >= 0.3 is 0 Å². The molecule has 2 aromatic carbocycles. The maximum absolute atomic E-state index is 13.4. The molecule has 7 nitrogen and oxygen atoms in total. The van der Waals surface area contributed by atoms with E-state index >= 15 is 0 Å². The molecular weight excluding hydrogens is 462 g/mol. The van der Waals surface area contributed by atoms with Crippen molar-refractivity contribution in [2.75, 3.05) is 17.4 Å². The van der Waals surface area contributed by atoms with Crippen LogP contribution in [-0.4, -0.2) is 35.1 Å². The lowest BCUT2D eigenvalue weighted by Gasteiger charge is -2.27. The van der Waals surface area contributed by atoms with E-state index in [2.05, 4.69) is 16.2 Å². The highest BCUT2D eigenvalue weighted by atomic mass is 32.2. The number of hydrogen-bond acceptors (Lipinski definition) is 6. The van der Waals surface area contributed by atoms with E-state index in [0.29, 0.717) is 35.2 Å². The van der Waals surface area contributed by atoms with Crippen LogP contribution in [0.15, 0.2) is 53.2 Å². The third-order valence-corrected chi connectivity index (χ3v) is 6.95. The fourth-order valence-corrected chi connectivity index (χ4v) is 4.59. The molecule has 35 heavy (non-hydrogen) atoms. The maximum Gasteiger partial charge on any atom is 0.283 e. The Labute approximate surface area is 209 Å². The SMILES string of the molecule is C#CC(CC)(CC)NC(=O)CSC1=N/C(=C\c2ccc3c(c2)OCO3)C(=O)N1c1ccc(C)cc1. The van der Waals surface area contributed by atoms with Gasteiger partial charge in [-0.3, -0.25) is 14.5 Å². The normalized spacial score (nSPS) is 15.8. The molecule has 0 fully saturated rings. The molecule has 180 valence electrons. The number of rotatable bonds is 7. The molecule has 0 radical (unpaired) electrons. The summed E-state index contributed by atoms with van der Waals surface area (Å²) < 4.78 is 10.8. The molecule has 2 aliphatic heterocycles. The number of nitrogens with zero attached hydrogens (tertiary/aromatic N) is 2. The first-order valence-electron chi connectivity index (χ1n) is 11.4. The van der Waals surface area contributed by atoms with Gasteiger partial charge in [-0.2, -0.15) is 0 Å². The van der Waals surface area contributed by atoms with Crippen molar-refractivity contribution in [3.8, 4) is 23.8 Å². The summed E-state index contributed by atoms with van der Waals surface area (Å²) in [4.78, 5) is 32.2. The Hall–Kier alpha value is -3.70. The third-order valence-electron chi connectivity index (χ3n) is 6.02. The van der Waals surface area contributed by atoms with Crippen molar-refractivity contribution < 1.29 is 19.1 Å². The van der Waals surface area contributed by atoms with Crippen molar-refractivity contribution in [3.05, 3.63) is 59.3 Å². The predicted octanol–water partition coefficient (Wildman–Crippen LogP) is 4.51. The van der Waals surface area contributed by atoms with Gasteiger partial charge < -0.3 is 14.8 Å². The number of hydrogen-bond donors (Lipinski definition) is 1. The number of benzene rings is 2. The molecule has 2 aromatic rings. The van der Waals surface area contributed by atoms with Crippen molar-refractivity contribution in [2.45, 2.75) is 39.2 Å². The molecule has 0 aliphatic carbocycles. The van der Waals surface area contributed by atoms with Crippen molar-refractivity contribution in [2.24, 2.45) is 4.99 Å². The highest BCUT2D eigenvalue weighted by Crippen LogP contribution is 2.34. The second kappa shape index (κ2) is 10.3. The molecule has 4 rings (SSSR count). The molecule has 0 aromatic heterocycles. The van der Waals surface area contributed by atoms with Crippen LogP contribution in [0.5, 0.6) is 11.5 Å². The van der Waals surface area contributed by atoms with Gasteiger partial charge in [0.25, 0.3) is 5.91 Å². The van der Waals surface area contributed by atoms with E-state index < -0.39 is 5.54 Å². The molecule has 2 amide bonds. The Balaban J connectivity index is 1.59. The number of aliphatic imine (C=N–C) groups is 1. The van der Waals surface area contributed by atoms with Crippen molar-refractivity contribution in [1.29, 1.82) is 0 Å². The lowest BCUT2D eigenvalue weighted by atomic mass is 9.94. The van der Waals surface area contributed by atoms with Crippen LogP contribution in [0.2, 0.25) is 0 Å². The van der Waals surface area contributed by atoms with Crippen LogP contribution >= 0.6 is 11.8 Å². The Morgan fingerprint density at radius 3 is 2.60 bits per heavy atom. The summed E-state index contributed by atoms with van der Waals surface area (Å²) in [5, 5.41) is 3.39. The first-order valence-corrected chi connectivity index (χ1v) is 12.4. The molecule has 0 saturated carbocycles. The van der Waals surface area contributed by atoms with Crippen LogP contribution in [0, 0.1) is 19.3 Å². The number of anilines is 1. The smallest absolute Gasteiger partial charge is 0.283 e. The van der Waals surface area contributed by atoms with E-state index in [9.17, 15) is 9.59 Å². The van der Waals surface area contributed by atoms with Gasteiger partial charge in [0.2, 0.25) is 12.7 Å². The summed E-state index contributed by atoms with van der Waals surface area (Å²) in [6.07, 6.45) is 8.65. The quantitative estimate of drug-likeness (QED) is 0.457. The van der Waals surface area contributed by atoms with Gasteiger partial charge in [-0.25, -0.2) is 4.99 Å². The molecule has 1 N–H and O–H groups in total. The van der Waals surface area contributed by atoms with Crippen LogP contribution in [0.4, 0.5) is 5.69 Å². The van der Waals surface area contributed by atoms with Gasteiger partial charge in [-0.1, -0.05) is 55.3 Å². The van der Waals surface area contributed by atoms with Crippen molar-refractivity contribution in [1.82, 2.24) is 5.32 Å². The number of amides is 2. The molecule has 2 aliphatic rings. The Morgan fingerprint density at radius 2 is 1.91 bits per heavy atom. The van der Waals surface area contributed by atoms with Gasteiger partial charge in [0.1, 0.15) is 11.2 Å². The molecule has 0 spiro atoms. The largest absolute Gasteiger partial charge is 0.454 e. The number of carbonyl (C=O) groups is 2. The van der Waals surface area contributed by atoms with E-state index in [-0.39, 0.29) is 30.1 Å². The van der Waals surface area contributed by atoms with Gasteiger partial charge in [-0.05, 0) is 55.7 Å². The number of terminal acetylenes is 1. The minimum absolute atomic E-state index is 0.0786. The summed E-state index contributed by atoms with van der Waals surface area (Å²) in [7, 11) is 0. The minimum atomic E-state index is -0.675. The number of fused-ring (bicyclic) bond motifs is 1. The zero-order chi connectivity index (χ0) is 25.0. The van der Waals surface area contributed by atoms with E-state index in [1.807, 2.05) is 57.2 Å². The molecular formula is C27H27N3O4S. The van der Waals surface area contributed by atoms with E-state index in [1.54, 1.807) is 12.1 Å².